The minimum absolute atomic E-state index is 0.242. The van der Waals surface area contributed by atoms with Gasteiger partial charge in [0.25, 0.3) is 0 Å². The summed E-state index contributed by atoms with van der Waals surface area (Å²) in [6, 6.07) is -0.280. The van der Waals surface area contributed by atoms with Crippen LogP contribution < -0.4 is 5.32 Å². The highest BCUT2D eigenvalue weighted by atomic mass is 16.5. The van der Waals surface area contributed by atoms with E-state index in [1.165, 1.54) is 7.11 Å². The van der Waals surface area contributed by atoms with Crippen molar-refractivity contribution in [3.05, 3.63) is 0 Å². The fourth-order valence-corrected chi connectivity index (χ4v) is 1.18. The largest absolute Gasteiger partial charge is 0.468 e. The van der Waals surface area contributed by atoms with Gasteiger partial charge in [0.1, 0.15) is 6.04 Å². The first kappa shape index (κ1) is 9.48. The third kappa shape index (κ3) is 2.19. The normalized spacial score (nSPS) is 29.8. The van der Waals surface area contributed by atoms with E-state index in [1.54, 1.807) is 0 Å². The Morgan fingerprint density at radius 3 is 2.92 bits per heavy atom. The van der Waals surface area contributed by atoms with Gasteiger partial charge in [-0.25, -0.2) is 0 Å². The molecule has 0 spiro atoms. The summed E-state index contributed by atoms with van der Waals surface area (Å²) < 4.78 is 9.98. The molecule has 0 aromatic carbocycles. The number of ether oxygens (including phenoxy) is 2. The number of carbonyl (C=O) groups is 1. The number of methoxy groups -OCH3 is 1. The van der Waals surface area contributed by atoms with Crippen molar-refractivity contribution in [2.45, 2.75) is 25.5 Å². The Balaban J connectivity index is 2.30. The zero-order chi connectivity index (χ0) is 8.97. The van der Waals surface area contributed by atoms with Crippen molar-refractivity contribution in [3.63, 3.8) is 0 Å². The highest BCUT2D eigenvalue weighted by Gasteiger charge is 2.25. The molecule has 1 saturated heterocycles. The van der Waals surface area contributed by atoms with E-state index >= 15 is 0 Å². The highest BCUT2D eigenvalue weighted by Crippen LogP contribution is 2.04. The van der Waals surface area contributed by atoms with Crippen LogP contribution in [0.15, 0.2) is 0 Å². The van der Waals surface area contributed by atoms with E-state index in [0.29, 0.717) is 6.61 Å². The molecule has 4 heteroatoms. The van der Waals surface area contributed by atoms with Crippen LogP contribution in [0.1, 0.15) is 13.3 Å². The Hall–Kier alpha value is -0.610. The van der Waals surface area contributed by atoms with Crippen LogP contribution in [0, 0.1) is 0 Å². The Bertz CT molecular complexity index is 152. The predicted octanol–water partition coefficient (Wildman–Crippen LogP) is -0.0736. The van der Waals surface area contributed by atoms with Gasteiger partial charge in [0.15, 0.2) is 0 Å². The van der Waals surface area contributed by atoms with Gasteiger partial charge >= 0.3 is 5.97 Å². The minimum atomic E-state index is -0.280. The summed E-state index contributed by atoms with van der Waals surface area (Å²) in [7, 11) is 1.38. The molecule has 0 saturated carbocycles. The lowest BCUT2D eigenvalue weighted by atomic mass is 10.2. The molecule has 1 aliphatic rings. The van der Waals surface area contributed by atoms with Gasteiger partial charge in [-0.1, -0.05) is 6.92 Å². The number of morpholine rings is 1. The van der Waals surface area contributed by atoms with Gasteiger partial charge in [-0.3, -0.25) is 10.1 Å². The second-order valence-corrected chi connectivity index (χ2v) is 2.85. The summed E-state index contributed by atoms with van der Waals surface area (Å²) in [4.78, 5) is 11.0. The van der Waals surface area contributed by atoms with E-state index in [1.807, 2.05) is 0 Å². The van der Waals surface area contributed by atoms with Crippen LogP contribution in [0.2, 0.25) is 0 Å². The molecule has 1 heterocycles. The zero-order valence-electron chi connectivity index (χ0n) is 7.50. The van der Waals surface area contributed by atoms with Crippen LogP contribution >= 0.6 is 0 Å². The molecule has 0 aromatic heterocycles. The Morgan fingerprint density at radius 1 is 1.75 bits per heavy atom. The second kappa shape index (κ2) is 4.42. The number of carbonyl (C=O) groups excluding carboxylic acids is 1. The molecule has 12 heavy (non-hydrogen) atoms. The Morgan fingerprint density at radius 2 is 2.50 bits per heavy atom. The molecule has 0 aromatic rings. The number of rotatable bonds is 2. The quantitative estimate of drug-likeness (QED) is 0.594. The highest BCUT2D eigenvalue weighted by molar-refractivity contribution is 5.75. The monoisotopic (exact) mass is 173 g/mol. The summed E-state index contributed by atoms with van der Waals surface area (Å²) in [5.74, 6) is -0.246. The third-order valence-electron chi connectivity index (χ3n) is 2.03. The maximum absolute atomic E-state index is 11.0. The van der Waals surface area contributed by atoms with Gasteiger partial charge in [0.2, 0.25) is 0 Å². The zero-order valence-corrected chi connectivity index (χ0v) is 7.50. The van der Waals surface area contributed by atoms with E-state index in [9.17, 15) is 4.79 Å². The average molecular weight is 173 g/mol. The van der Waals surface area contributed by atoms with Crippen LogP contribution in [0.25, 0.3) is 0 Å². The van der Waals surface area contributed by atoms with Crippen LogP contribution in [-0.4, -0.2) is 38.4 Å². The molecule has 1 rings (SSSR count). The molecule has 0 aliphatic carbocycles. The lowest BCUT2D eigenvalue weighted by molar-refractivity contribution is -0.147. The first-order valence-electron chi connectivity index (χ1n) is 4.20. The van der Waals surface area contributed by atoms with Gasteiger partial charge in [0.05, 0.1) is 19.8 Å². The molecule has 1 fully saturated rings. The lowest BCUT2D eigenvalue weighted by Gasteiger charge is -2.27. The van der Waals surface area contributed by atoms with Crippen LogP contribution in [0.4, 0.5) is 0 Å². The third-order valence-corrected chi connectivity index (χ3v) is 2.03. The lowest BCUT2D eigenvalue weighted by Crippen LogP contribution is -2.50. The van der Waals surface area contributed by atoms with Gasteiger partial charge in [-0.05, 0) is 6.42 Å². The van der Waals surface area contributed by atoms with Gasteiger partial charge in [-0.15, -0.1) is 0 Å². The molecule has 1 N–H and O–H groups in total. The molecule has 0 bridgehead atoms. The average Bonchev–Trinajstić information content (AvgIpc) is 2.17. The molecular formula is C8H15NO3. The van der Waals surface area contributed by atoms with Crippen molar-refractivity contribution < 1.29 is 14.3 Å². The Kier molecular flexibility index (Phi) is 3.49. The van der Waals surface area contributed by atoms with E-state index in [-0.39, 0.29) is 18.1 Å². The van der Waals surface area contributed by atoms with E-state index in [0.717, 1.165) is 13.0 Å². The molecule has 0 amide bonds. The SMILES string of the molecule is CCC1CNC(C(=O)OC)CO1. The van der Waals surface area contributed by atoms with Gasteiger partial charge < -0.3 is 9.47 Å². The summed E-state index contributed by atoms with van der Waals surface area (Å²) >= 11 is 0. The molecular weight excluding hydrogens is 158 g/mol. The van der Waals surface area contributed by atoms with Crippen molar-refractivity contribution in [2.75, 3.05) is 20.3 Å². The fourth-order valence-electron chi connectivity index (χ4n) is 1.18. The molecule has 4 nitrogen and oxygen atoms in total. The van der Waals surface area contributed by atoms with Crippen LogP contribution in [0.3, 0.4) is 0 Å². The topological polar surface area (TPSA) is 47.6 Å². The second-order valence-electron chi connectivity index (χ2n) is 2.85. The fraction of sp³-hybridized carbons (Fsp3) is 0.875. The molecule has 2 atom stereocenters. The first-order chi connectivity index (χ1) is 5.77. The van der Waals surface area contributed by atoms with Crippen LogP contribution in [0.5, 0.6) is 0 Å². The number of esters is 1. The summed E-state index contributed by atoms with van der Waals surface area (Å²) in [5.41, 5.74) is 0. The molecule has 1 aliphatic heterocycles. The van der Waals surface area contributed by atoms with Crippen LogP contribution in [-0.2, 0) is 14.3 Å². The Labute approximate surface area is 72.2 Å². The number of hydrogen-bond donors (Lipinski definition) is 1. The van der Waals surface area contributed by atoms with Gasteiger partial charge in [0, 0.05) is 6.54 Å². The maximum atomic E-state index is 11.0. The number of nitrogens with one attached hydrogen (secondary N) is 1. The predicted molar refractivity (Wildman–Crippen MR) is 43.8 cm³/mol. The van der Waals surface area contributed by atoms with Crippen molar-refractivity contribution in [1.82, 2.24) is 5.32 Å². The molecule has 0 radical (unpaired) electrons. The van der Waals surface area contributed by atoms with Gasteiger partial charge in [-0.2, -0.15) is 0 Å². The van der Waals surface area contributed by atoms with E-state index in [4.69, 9.17) is 4.74 Å². The summed E-state index contributed by atoms with van der Waals surface area (Å²) in [6.45, 7) is 3.21. The number of hydrogen-bond acceptors (Lipinski definition) is 4. The minimum Gasteiger partial charge on any atom is -0.468 e. The van der Waals surface area contributed by atoms with E-state index in [2.05, 4.69) is 17.0 Å². The molecule has 70 valence electrons. The standard InChI is InChI=1S/C8H15NO3/c1-3-6-4-9-7(5-12-6)8(10)11-2/h6-7,9H,3-5H2,1-2H3. The van der Waals surface area contributed by atoms with Crippen molar-refractivity contribution >= 4 is 5.97 Å². The smallest absolute Gasteiger partial charge is 0.325 e. The summed E-state index contributed by atoms with van der Waals surface area (Å²) in [5, 5.41) is 3.07. The maximum Gasteiger partial charge on any atom is 0.325 e. The van der Waals surface area contributed by atoms with Crippen molar-refractivity contribution in [1.29, 1.82) is 0 Å². The van der Waals surface area contributed by atoms with Crippen molar-refractivity contribution in [2.24, 2.45) is 0 Å². The van der Waals surface area contributed by atoms with Crippen molar-refractivity contribution in [3.8, 4) is 0 Å². The molecule has 2 unspecified atom stereocenters. The van der Waals surface area contributed by atoms with E-state index < -0.39 is 0 Å². The summed E-state index contributed by atoms with van der Waals surface area (Å²) in [6.07, 6.45) is 1.21. The first-order valence-corrected chi connectivity index (χ1v) is 4.20.